The molecule has 0 spiro atoms. The van der Waals surface area contributed by atoms with Crippen LogP contribution in [0.15, 0.2) is 18.2 Å². The number of halogens is 2. The van der Waals surface area contributed by atoms with Crippen LogP contribution in [-0.4, -0.2) is 22.8 Å². The Morgan fingerprint density at radius 2 is 1.07 bits per heavy atom. The second-order valence-corrected chi connectivity index (χ2v) is 14.6. The lowest BCUT2D eigenvalue weighted by molar-refractivity contribution is 0.458. The summed E-state index contributed by atoms with van der Waals surface area (Å²) in [5.41, 5.74) is 4.09. The van der Waals surface area contributed by atoms with Crippen molar-refractivity contribution in [1.82, 2.24) is 0 Å². The van der Waals surface area contributed by atoms with E-state index in [9.17, 15) is 0 Å². The highest BCUT2D eigenvalue weighted by Gasteiger charge is 2.42. The first-order valence-electron chi connectivity index (χ1n) is 11.9. The van der Waals surface area contributed by atoms with Gasteiger partial charge in [0.2, 0.25) is 0 Å². The first kappa shape index (κ1) is 21.3. The molecule has 28 heavy (non-hydrogen) atoms. The Hall–Kier alpha value is 0.1000. The molecule has 156 valence electrons. The van der Waals surface area contributed by atoms with Gasteiger partial charge in [0.05, 0.1) is 10.0 Å². The molecule has 3 heteroatoms. The predicted octanol–water partition coefficient (Wildman–Crippen LogP) is 9.16. The topological polar surface area (TPSA) is 0 Å². The van der Waals surface area contributed by atoms with Gasteiger partial charge in [0.15, 0.2) is 0 Å². The van der Waals surface area contributed by atoms with E-state index in [1.165, 1.54) is 102 Å². The van der Waals surface area contributed by atoms with Gasteiger partial charge >= 0.3 is 0 Å². The Labute approximate surface area is 182 Å². The van der Waals surface area contributed by atoms with E-state index in [-0.39, 0.29) is 0 Å². The van der Waals surface area contributed by atoms with Crippen LogP contribution in [0.2, 0.25) is 10.0 Å². The maximum Gasteiger partial charge on any atom is 0.0664 e. The number of hydrogen-bond acceptors (Lipinski definition) is 0. The first-order chi connectivity index (χ1) is 13.7. The average Bonchev–Trinajstić information content (AvgIpc) is 2.77. The summed E-state index contributed by atoms with van der Waals surface area (Å²) in [4.78, 5) is 0. The maximum absolute atomic E-state index is 6.77. The molecule has 1 aromatic rings. The number of rotatable bonds is 4. The molecular formula is C25H37Cl2P. The lowest BCUT2D eigenvalue weighted by Crippen LogP contribution is -2.33. The molecule has 0 radical (unpaired) electrons. The molecular weight excluding hydrogens is 402 g/mol. The van der Waals surface area contributed by atoms with Crippen LogP contribution < -0.4 is 0 Å². The lowest BCUT2D eigenvalue weighted by Gasteiger charge is -2.50. The molecule has 3 aliphatic rings. The molecule has 3 fully saturated rings. The Morgan fingerprint density at radius 1 is 0.643 bits per heavy atom. The zero-order valence-electron chi connectivity index (χ0n) is 17.4. The third kappa shape index (κ3) is 4.40. The molecule has 0 N–H and O–H groups in total. The van der Waals surface area contributed by atoms with E-state index in [4.69, 9.17) is 23.2 Å². The summed E-state index contributed by atoms with van der Waals surface area (Å²) in [6.07, 6.45) is 21.8. The molecule has 0 saturated heterocycles. The summed E-state index contributed by atoms with van der Waals surface area (Å²) in [5.74, 6) is 2.79. The molecule has 3 aliphatic carbocycles. The SMILES string of the molecule is Clc1cccc(C=P(C2CCCCC2)(C2CCCCC2)C2CCCCC2)c1Cl. The van der Waals surface area contributed by atoms with Crippen LogP contribution in [0.25, 0.3) is 0 Å². The van der Waals surface area contributed by atoms with E-state index in [1.54, 1.807) is 0 Å². The Kier molecular flexibility index (Phi) is 7.57. The summed E-state index contributed by atoms with van der Waals surface area (Å²) in [6, 6.07) is 6.30. The van der Waals surface area contributed by atoms with Crippen LogP contribution in [0.5, 0.6) is 0 Å². The second kappa shape index (κ2) is 9.94. The third-order valence-corrected chi connectivity index (χ3v) is 14.9. The second-order valence-electron chi connectivity index (χ2n) is 9.54. The molecule has 0 heterocycles. The fourth-order valence-corrected chi connectivity index (χ4v) is 14.0. The van der Waals surface area contributed by atoms with Crippen LogP contribution >= 0.6 is 30.1 Å². The summed E-state index contributed by atoms with van der Waals surface area (Å²) in [7, 11) is 0. The van der Waals surface area contributed by atoms with Gasteiger partial charge in [-0.15, -0.1) is 0 Å². The van der Waals surface area contributed by atoms with Crippen LogP contribution in [0, 0.1) is 0 Å². The van der Waals surface area contributed by atoms with Crippen molar-refractivity contribution in [3.63, 3.8) is 0 Å². The normalized spacial score (nSPS) is 23.6. The van der Waals surface area contributed by atoms with Gasteiger partial charge in [0.1, 0.15) is 0 Å². The largest absolute Gasteiger partial charge is 0.0953 e. The summed E-state index contributed by atoms with van der Waals surface area (Å²) in [6.45, 7) is -1.26. The monoisotopic (exact) mass is 438 g/mol. The van der Waals surface area contributed by atoms with E-state index in [0.717, 1.165) is 27.0 Å². The highest BCUT2D eigenvalue weighted by Crippen LogP contribution is 2.69. The molecule has 0 aromatic heterocycles. The van der Waals surface area contributed by atoms with Crippen molar-refractivity contribution in [2.24, 2.45) is 0 Å². The Balaban J connectivity index is 1.87. The minimum atomic E-state index is -1.26. The van der Waals surface area contributed by atoms with E-state index in [1.807, 2.05) is 6.07 Å². The Morgan fingerprint density at radius 3 is 1.50 bits per heavy atom. The summed E-state index contributed by atoms with van der Waals surface area (Å²) < 4.78 is 0. The lowest BCUT2D eigenvalue weighted by atomic mass is 9.99. The fourth-order valence-electron chi connectivity index (χ4n) is 6.66. The van der Waals surface area contributed by atoms with Crippen LogP contribution in [0.3, 0.4) is 0 Å². The van der Waals surface area contributed by atoms with E-state index >= 15 is 0 Å². The molecule has 3 saturated carbocycles. The van der Waals surface area contributed by atoms with Gasteiger partial charge in [-0.2, -0.15) is 0 Å². The highest BCUT2D eigenvalue weighted by molar-refractivity contribution is 7.77. The predicted molar refractivity (Wildman–Crippen MR) is 129 cm³/mol. The molecule has 0 nitrogen and oxygen atoms in total. The number of benzene rings is 1. The molecule has 0 amide bonds. The zero-order valence-corrected chi connectivity index (χ0v) is 19.8. The number of hydrogen-bond donors (Lipinski definition) is 0. The van der Waals surface area contributed by atoms with Crippen LogP contribution in [0.1, 0.15) is 102 Å². The maximum atomic E-state index is 6.77. The van der Waals surface area contributed by atoms with Crippen molar-refractivity contribution < 1.29 is 0 Å². The molecule has 4 rings (SSSR count). The van der Waals surface area contributed by atoms with Crippen molar-refractivity contribution in [2.45, 2.75) is 113 Å². The first-order valence-corrected chi connectivity index (χ1v) is 14.7. The van der Waals surface area contributed by atoms with Gasteiger partial charge in [0.25, 0.3) is 0 Å². The van der Waals surface area contributed by atoms with Gasteiger partial charge in [-0.1, -0.05) is 106 Å². The van der Waals surface area contributed by atoms with Gasteiger partial charge in [-0.3, -0.25) is 0 Å². The zero-order chi connectivity index (χ0) is 19.4. The minimum absolute atomic E-state index is 0.726. The van der Waals surface area contributed by atoms with Crippen molar-refractivity contribution in [1.29, 1.82) is 0 Å². The van der Waals surface area contributed by atoms with Gasteiger partial charge in [-0.25, -0.2) is 0 Å². The average molecular weight is 439 g/mol. The van der Waals surface area contributed by atoms with E-state index < -0.39 is 6.89 Å². The highest BCUT2D eigenvalue weighted by atomic mass is 35.5. The summed E-state index contributed by atoms with van der Waals surface area (Å²) in [5, 5.41) is 1.53. The Bertz CT molecular complexity index is 640. The van der Waals surface area contributed by atoms with Crippen LogP contribution in [0.4, 0.5) is 0 Å². The van der Waals surface area contributed by atoms with Crippen molar-refractivity contribution in [3.05, 3.63) is 33.8 Å². The quantitative estimate of drug-likeness (QED) is 0.410. The van der Waals surface area contributed by atoms with Crippen molar-refractivity contribution in [2.75, 3.05) is 0 Å². The van der Waals surface area contributed by atoms with E-state index in [2.05, 4.69) is 17.9 Å². The standard InChI is InChI=1S/C25H37Cl2P/c26-24-18-10-11-20(25(24)27)19-28(21-12-4-1-5-13-21,22-14-6-2-7-15-22)23-16-8-3-9-17-23/h10-11,18-19,21-23H,1-9,12-17H2. The molecule has 0 unspecified atom stereocenters. The summed E-state index contributed by atoms with van der Waals surface area (Å²) >= 11 is 13.2. The third-order valence-electron chi connectivity index (χ3n) is 7.97. The molecule has 0 atom stereocenters. The minimum Gasteiger partial charge on any atom is -0.0953 e. The molecule has 0 aliphatic heterocycles. The fraction of sp³-hybridized carbons (Fsp3) is 0.720. The molecule has 1 aromatic carbocycles. The van der Waals surface area contributed by atoms with Gasteiger partial charge < -0.3 is 0 Å². The van der Waals surface area contributed by atoms with Crippen molar-refractivity contribution in [3.8, 4) is 0 Å². The van der Waals surface area contributed by atoms with Gasteiger partial charge in [0, 0.05) is 0 Å². The van der Waals surface area contributed by atoms with Crippen molar-refractivity contribution >= 4 is 35.9 Å². The van der Waals surface area contributed by atoms with Crippen LogP contribution in [-0.2, 0) is 0 Å². The smallest absolute Gasteiger partial charge is 0.0664 e. The van der Waals surface area contributed by atoms with E-state index in [0.29, 0.717) is 0 Å². The molecule has 0 bridgehead atoms. The van der Waals surface area contributed by atoms with Gasteiger partial charge in [-0.05, 0) is 67.1 Å².